The van der Waals surface area contributed by atoms with Crippen LogP contribution in [0, 0.1) is 0 Å². The molecule has 10 heteroatoms. The number of rotatable bonds is 6. The van der Waals surface area contributed by atoms with Crippen molar-refractivity contribution in [2.24, 2.45) is 0 Å². The van der Waals surface area contributed by atoms with E-state index in [9.17, 15) is 14.7 Å². The zero-order chi connectivity index (χ0) is 25.2. The normalized spacial score (nSPS) is 19.0. The molecule has 2 saturated heterocycles. The number of nitrogens with zero attached hydrogens (tertiary/aromatic N) is 5. The van der Waals surface area contributed by atoms with Crippen LogP contribution in [0.2, 0.25) is 0 Å². The van der Waals surface area contributed by atoms with Gasteiger partial charge < -0.3 is 10.0 Å². The predicted molar refractivity (Wildman–Crippen MR) is 147 cm³/mol. The molecule has 0 saturated carbocycles. The van der Waals surface area contributed by atoms with E-state index in [0.29, 0.717) is 45.9 Å². The molecule has 0 radical (unpaired) electrons. The van der Waals surface area contributed by atoms with Crippen LogP contribution < -0.4 is 10.5 Å². The Morgan fingerprint density at radius 2 is 1.81 bits per heavy atom. The lowest BCUT2D eigenvalue weighted by Gasteiger charge is -2.35. The molecule has 1 N–H and O–H groups in total. The first-order valence-electron chi connectivity index (χ1n) is 11.9. The molecule has 186 valence electrons. The molecular weight excluding hydrogens is 494 g/mol. The minimum Gasteiger partial charge on any atom is -0.395 e. The van der Waals surface area contributed by atoms with Crippen molar-refractivity contribution < 1.29 is 9.90 Å². The van der Waals surface area contributed by atoms with Crippen molar-refractivity contribution in [3.05, 3.63) is 81.1 Å². The maximum Gasteiger partial charge on any atom is 0.267 e. The summed E-state index contributed by atoms with van der Waals surface area (Å²) in [6.45, 7) is 5.54. The summed E-state index contributed by atoms with van der Waals surface area (Å²) in [4.78, 5) is 38.2. The van der Waals surface area contributed by atoms with E-state index in [1.807, 2.05) is 43.3 Å². The van der Waals surface area contributed by atoms with Gasteiger partial charge >= 0.3 is 0 Å². The second-order valence-electron chi connectivity index (χ2n) is 8.77. The first-order valence-corrected chi connectivity index (χ1v) is 13.1. The summed E-state index contributed by atoms with van der Waals surface area (Å²) in [6.07, 6.45) is 3.34. The Labute approximate surface area is 218 Å². The fraction of sp³-hybridized carbons (Fsp3) is 0.308. The summed E-state index contributed by atoms with van der Waals surface area (Å²) in [5.74, 6) is 0.355. The number of carbonyl (C=O) groups excluding carboxylic acids is 1. The van der Waals surface area contributed by atoms with E-state index in [0.717, 1.165) is 18.7 Å². The van der Waals surface area contributed by atoms with E-state index in [-0.39, 0.29) is 24.1 Å². The van der Waals surface area contributed by atoms with Gasteiger partial charge in [-0.25, -0.2) is 4.98 Å². The highest BCUT2D eigenvalue weighted by atomic mass is 32.2. The van der Waals surface area contributed by atoms with E-state index in [1.54, 1.807) is 29.3 Å². The molecule has 2 aromatic heterocycles. The fourth-order valence-corrected chi connectivity index (χ4v) is 6.01. The third kappa shape index (κ3) is 4.69. The van der Waals surface area contributed by atoms with Crippen molar-refractivity contribution in [2.45, 2.75) is 13.0 Å². The average molecular weight is 522 g/mol. The van der Waals surface area contributed by atoms with Crippen LogP contribution in [0.5, 0.6) is 0 Å². The monoisotopic (exact) mass is 521 g/mol. The molecule has 2 aliphatic rings. The van der Waals surface area contributed by atoms with Crippen molar-refractivity contribution in [2.75, 3.05) is 44.2 Å². The van der Waals surface area contributed by atoms with Crippen LogP contribution in [0.4, 0.5) is 5.82 Å². The number of fused-ring (bicyclic) bond motifs is 1. The SMILES string of the molecule is CC(c1ccccc1)N1C(=O)/C(=C/c2c(N3CCN(CCO)CC3)nc3ccccn3c2=O)SC1=S. The topological polar surface area (TPSA) is 81.4 Å². The Morgan fingerprint density at radius 3 is 2.53 bits per heavy atom. The Hall–Kier alpha value is -3.05. The molecule has 2 fully saturated rings. The number of aliphatic hydroxyl groups excluding tert-OH is 1. The summed E-state index contributed by atoms with van der Waals surface area (Å²) in [6, 6.07) is 15.0. The van der Waals surface area contributed by atoms with Gasteiger partial charge in [-0.15, -0.1) is 0 Å². The molecule has 0 bridgehead atoms. The van der Waals surface area contributed by atoms with Gasteiger partial charge in [0.1, 0.15) is 15.8 Å². The molecule has 36 heavy (non-hydrogen) atoms. The Balaban J connectivity index is 1.53. The van der Waals surface area contributed by atoms with Crippen molar-refractivity contribution in [3.63, 3.8) is 0 Å². The standard InChI is InChI=1S/C26H27N5O3S2/c1-18(19-7-3-2-4-8-19)31-25(34)21(36-26(31)35)17-20-23(29-13-11-28(12-14-29)15-16-32)27-22-9-5-6-10-30(22)24(20)33/h2-10,17-18,32H,11-16H2,1H3/b21-17-. The van der Waals surface area contributed by atoms with Crippen LogP contribution >= 0.6 is 24.0 Å². The van der Waals surface area contributed by atoms with Gasteiger partial charge in [0.15, 0.2) is 0 Å². The van der Waals surface area contributed by atoms with Gasteiger partial charge in [-0.3, -0.25) is 23.8 Å². The molecule has 5 rings (SSSR count). The van der Waals surface area contributed by atoms with Gasteiger partial charge in [0, 0.05) is 38.9 Å². The van der Waals surface area contributed by atoms with Crippen LogP contribution in [0.1, 0.15) is 24.1 Å². The molecule has 0 aliphatic carbocycles. The number of hydrogen-bond donors (Lipinski definition) is 1. The highest BCUT2D eigenvalue weighted by Gasteiger charge is 2.36. The van der Waals surface area contributed by atoms with E-state index in [4.69, 9.17) is 17.2 Å². The largest absolute Gasteiger partial charge is 0.395 e. The van der Waals surface area contributed by atoms with E-state index in [2.05, 4.69) is 9.80 Å². The second kappa shape index (κ2) is 10.5. The van der Waals surface area contributed by atoms with Crippen molar-refractivity contribution >= 4 is 51.7 Å². The molecule has 8 nitrogen and oxygen atoms in total. The number of aromatic nitrogens is 2. The first-order chi connectivity index (χ1) is 17.5. The minimum absolute atomic E-state index is 0.115. The van der Waals surface area contributed by atoms with Crippen LogP contribution in [-0.4, -0.2) is 73.8 Å². The lowest BCUT2D eigenvalue weighted by atomic mass is 10.1. The number of hydrogen-bond acceptors (Lipinski definition) is 8. The van der Waals surface area contributed by atoms with E-state index < -0.39 is 0 Å². The smallest absolute Gasteiger partial charge is 0.267 e. The van der Waals surface area contributed by atoms with Gasteiger partial charge in [0.05, 0.1) is 23.1 Å². The van der Waals surface area contributed by atoms with Gasteiger partial charge in [-0.05, 0) is 30.7 Å². The number of pyridine rings is 1. The number of thiocarbonyl (C=S) groups is 1. The second-order valence-corrected chi connectivity index (χ2v) is 10.4. The third-order valence-corrected chi connectivity index (χ3v) is 7.94. The average Bonchev–Trinajstić information content (AvgIpc) is 3.18. The molecule has 3 aromatic rings. The lowest BCUT2D eigenvalue weighted by molar-refractivity contribution is -0.123. The molecule has 1 amide bonds. The van der Waals surface area contributed by atoms with Crippen molar-refractivity contribution in [1.82, 2.24) is 19.2 Å². The summed E-state index contributed by atoms with van der Waals surface area (Å²) < 4.78 is 1.97. The number of piperazine rings is 1. The number of aliphatic hydroxyl groups is 1. The highest BCUT2D eigenvalue weighted by Crippen LogP contribution is 2.38. The first kappa shape index (κ1) is 24.6. The van der Waals surface area contributed by atoms with Crippen molar-refractivity contribution in [1.29, 1.82) is 0 Å². The van der Waals surface area contributed by atoms with Crippen LogP contribution in [-0.2, 0) is 4.79 Å². The predicted octanol–water partition coefficient (Wildman–Crippen LogP) is 2.77. The van der Waals surface area contributed by atoms with Gasteiger partial charge in [0.25, 0.3) is 11.5 Å². The zero-order valence-electron chi connectivity index (χ0n) is 19.9. The molecule has 4 heterocycles. The quantitative estimate of drug-likeness (QED) is 0.392. The highest BCUT2D eigenvalue weighted by molar-refractivity contribution is 8.26. The number of benzene rings is 1. The van der Waals surface area contributed by atoms with Crippen molar-refractivity contribution in [3.8, 4) is 0 Å². The fourth-order valence-electron chi connectivity index (χ4n) is 4.61. The summed E-state index contributed by atoms with van der Waals surface area (Å²) in [5, 5.41) is 9.27. The van der Waals surface area contributed by atoms with Gasteiger partial charge in [-0.2, -0.15) is 0 Å². The summed E-state index contributed by atoms with van der Waals surface area (Å²) >= 11 is 6.80. The summed E-state index contributed by atoms with van der Waals surface area (Å²) in [5.41, 5.74) is 1.69. The maximum absolute atomic E-state index is 13.6. The third-order valence-electron chi connectivity index (χ3n) is 6.61. The number of amides is 1. The molecule has 0 spiro atoms. The van der Waals surface area contributed by atoms with Gasteiger partial charge in [0.2, 0.25) is 0 Å². The number of anilines is 1. The van der Waals surface area contributed by atoms with Crippen LogP contribution in [0.25, 0.3) is 11.7 Å². The Morgan fingerprint density at radius 1 is 1.08 bits per heavy atom. The number of thioether (sulfide) groups is 1. The maximum atomic E-state index is 13.6. The Bertz CT molecular complexity index is 1380. The Kier molecular flexibility index (Phi) is 7.20. The molecule has 1 unspecified atom stereocenters. The number of carbonyl (C=O) groups is 1. The molecule has 1 aromatic carbocycles. The van der Waals surface area contributed by atoms with Crippen LogP contribution in [0.15, 0.2) is 64.4 Å². The lowest BCUT2D eigenvalue weighted by Crippen LogP contribution is -2.48. The van der Waals surface area contributed by atoms with Crippen LogP contribution in [0.3, 0.4) is 0 Å². The zero-order valence-corrected chi connectivity index (χ0v) is 21.5. The van der Waals surface area contributed by atoms with E-state index >= 15 is 0 Å². The molecular formula is C26H27N5O3S2. The van der Waals surface area contributed by atoms with Gasteiger partial charge in [-0.1, -0.05) is 60.4 Å². The number of β-amino-alcohol motifs (C(OH)–C–C–N with tert-alkyl or cyclic N) is 1. The summed E-state index contributed by atoms with van der Waals surface area (Å²) in [7, 11) is 0. The molecule has 2 aliphatic heterocycles. The minimum atomic E-state index is -0.227. The molecule has 1 atom stereocenters. The van der Waals surface area contributed by atoms with E-state index in [1.165, 1.54) is 16.2 Å².